The van der Waals surface area contributed by atoms with Gasteiger partial charge in [-0.05, 0) is 26.0 Å². The Morgan fingerprint density at radius 3 is 2.85 bits per heavy atom. The minimum atomic E-state index is 0.252. The van der Waals surface area contributed by atoms with Crippen LogP contribution in [0.5, 0.6) is 0 Å². The number of thiazole rings is 1. The largest absolute Gasteiger partial charge is 0.302 e. The molecular weight excluding hydrogens is 266 g/mol. The minimum absolute atomic E-state index is 0.252. The fourth-order valence-corrected chi connectivity index (χ4v) is 2.92. The molecule has 4 heteroatoms. The molecule has 1 atom stereocenters. The Balaban J connectivity index is 1.70. The number of hydrogen-bond acceptors (Lipinski definition) is 4. The highest BCUT2D eigenvalue weighted by atomic mass is 32.1. The number of aryl methyl sites for hydroxylation is 1. The number of nitrogens with zero attached hydrogens (tertiary/aromatic N) is 2. The minimum Gasteiger partial charge on any atom is -0.302 e. The van der Waals surface area contributed by atoms with Gasteiger partial charge < -0.3 is 5.32 Å². The van der Waals surface area contributed by atoms with Crippen LogP contribution in [0.25, 0.3) is 10.9 Å². The van der Waals surface area contributed by atoms with Crippen LogP contribution in [0, 0.1) is 6.92 Å². The van der Waals surface area contributed by atoms with Crippen molar-refractivity contribution in [2.24, 2.45) is 0 Å². The quantitative estimate of drug-likeness (QED) is 0.790. The lowest BCUT2D eigenvalue weighted by Crippen LogP contribution is -2.18. The molecule has 0 saturated heterocycles. The zero-order valence-electron chi connectivity index (χ0n) is 11.6. The maximum atomic E-state index is 4.67. The third-order valence-electron chi connectivity index (χ3n) is 3.26. The van der Waals surface area contributed by atoms with Gasteiger partial charge in [0.15, 0.2) is 0 Å². The maximum Gasteiger partial charge on any atom is 0.109 e. The van der Waals surface area contributed by atoms with Crippen LogP contribution in [-0.4, -0.2) is 9.97 Å². The van der Waals surface area contributed by atoms with E-state index in [1.165, 1.54) is 10.3 Å². The van der Waals surface area contributed by atoms with Crippen molar-refractivity contribution in [3.63, 3.8) is 0 Å². The number of para-hydroxylation sites is 1. The molecule has 1 aromatic carbocycles. The Labute approximate surface area is 122 Å². The highest BCUT2D eigenvalue weighted by Gasteiger charge is 2.09. The molecule has 2 aromatic heterocycles. The summed E-state index contributed by atoms with van der Waals surface area (Å²) in [6, 6.07) is 12.6. The van der Waals surface area contributed by atoms with Gasteiger partial charge in [-0.3, -0.25) is 4.98 Å². The average Bonchev–Trinajstić information content (AvgIpc) is 2.91. The molecule has 20 heavy (non-hydrogen) atoms. The first-order valence-electron chi connectivity index (χ1n) is 6.73. The zero-order valence-corrected chi connectivity index (χ0v) is 12.4. The normalized spacial score (nSPS) is 12.7. The fourth-order valence-electron chi connectivity index (χ4n) is 2.12. The zero-order chi connectivity index (χ0) is 13.9. The monoisotopic (exact) mass is 283 g/mol. The molecule has 0 saturated carbocycles. The van der Waals surface area contributed by atoms with E-state index in [0.29, 0.717) is 0 Å². The third kappa shape index (κ3) is 2.86. The van der Waals surface area contributed by atoms with Gasteiger partial charge in [-0.2, -0.15) is 0 Å². The predicted molar refractivity (Wildman–Crippen MR) is 83.8 cm³/mol. The van der Waals surface area contributed by atoms with Crippen LogP contribution >= 0.6 is 11.3 Å². The van der Waals surface area contributed by atoms with Crippen LogP contribution in [0.3, 0.4) is 0 Å². The maximum absolute atomic E-state index is 4.67. The van der Waals surface area contributed by atoms with Gasteiger partial charge >= 0.3 is 0 Å². The summed E-state index contributed by atoms with van der Waals surface area (Å²) in [6.45, 7) is 4.97. The molecule has 2 heterocycles. The second-order valence-corrected chi connectivity index (χ2v) is 6.17. The van der Waals surface area contributed by atoms with E-state index in [9.17, 15) is 0 Å². The molecule has 3 nitrogen and oxygen atoms in total. The van der Waals surface area contributed by atoms with Crippen molar-refractivity contribution in [2.45, 2.75) is 26.4 Å². The van der Waals surface area contributed by atoms with E-state index in [2.05, 4.69) is 47.3 Å². The molecule has 102 valence electrons. The van der Waals surface area contributed by atoms with Crippen molar-refractivity contribution >= 4 is 22.2 Å². The second-order valence-electron chi connectivity index (χ2n) is 4.91. The van der Waals surface area contributed by atoms with E-state index in [0.717, 1.165) is 22.8 Å². The highest BCUT2D eigenvalue weighted by molar-refractivity contribution is 7.11. The standard InChI is InChI=1S/C16H17N3S/c1-11-9-18-16(20-11)12(2)17-10-14-8-7-13-5-3-4-6-15(13)19-14/h3-9,12,17H,10H2,1-2H3. The molecule has 0 radical (unpaired) electrons. The molecule has 0 aliphatic rings. The van der Waals surface area contributed by atoms with Gasteiger partial charge in [-0.1, -0.05) is 24.3 Å². The molecule has 3 aromatic rings. The van der Waals surface area contributed by atoms with Crippen LogP contribution in [0.4, 0.5) is 0 Å². The molecule has 0 amide bonds. The Hall–Kier alpha value is -1.78. The van der Waals surface area contributed by atoms with Crippen molar-refractivity contribution in [3.05, 3.63) is 58.2 Å². The van der Waals surface area contributed by atoms with E-state index in [1.807, 2.05) is 24.4 Å². The molecule has 0 fully saturated rings. The van der Waals surface area contributed by atoms with E-state index >= 15 is 0 Å². The van der Waals surface area contributed by atoms with Crippen LogP contribution in [0.15, 0.2) is 42.6 Å². The SMILES string of the molecule is Cc1cnc(C(C)NCc2ccc3ccccc3n2)s1. The first-order valence-corrected chi connectivity index (χ1v) is 7.54. The Bertz CT molecular complexity index is 720. The van der Waals surface area contributed by atoms with Crippen LogP contribution < -0.4 is 5.32 Å². The number of hydrogen-bond donors (Lipinski definition) is 1. The van der Waals surface area contributed by atoms with E-state index < -0.39 is 0 Å². The first kappa shape index (κ1) is 13.2. The van der Waals surface area contributed by atoms with Crippen LogP contribution in [-0.2, 0) is 6.54 Å². The molecule has 0 bridgehead atoms. The third-order valence-corrected chi connectivity index (χ3v) is 4.35. The molecule has 3 rings (SSSR count). The average molecular weight is 283 g/mol. The van der Waals surface area contributed by atoms with Crippen molar-refractivity contribution in [1.82, 2.24) is 15.3 Å². The number of benzene rings is 1. The topological polar surface area (TPSA) is 37.8 Å². The molecule has 0 aliphatic carbocycles. The van der Waals surface area contributed by atoms with Gasteiger partial charge in [0.25, 0.3) is 0 Å². The summed E-state index contributed by atoms with van der Waals surface area (Å²) in [4.78, 5) is 10.3. The lowest BCUT2D eigenvalue weighted by molar-refractivity contribution is 0.566. The van der Waals surface area contributed by atoms with Gasteiger partial charge in [-0.15, -0.1) is 11.3 Å². The van der Waals surface area contributed by atoms with Crippen molar-refractivity contribution in [3.8, 4) is 0 Å². The number of pyridine rings is 1. The summed E-state index contributed by atoms with van der Waals surface area (Å²) < 4.78 is 0. The highest BCUT2D eigenvalue weighted by Crippen LogP contribution is 2.19. The van der Waals surface area contributed by atoms with Gasteiger partial charge in [-0.25, -0.2) is 4.98 Å². The summed E-state index contributed by atoms with van der Waals surface area (Å²) in [7, 11) is 0. The number of rotatable bonds is 4. The van der Waals surface area contributed by atoms with E-state index in [-0.39, 0.29) is 6.04 Å². The number of nitrogens with one attached hydrogen (secondary N) is 1. The molecule has 0 aliphatic heterocycles. The molecular formula is C16H17N3S. The van der Waals surface area contributed by atoms with Crippen molar-refractivity contribution in [1.29, 1.82) is 0 Å². The lowest BCUT2D eigenvalue weighted by atomic mass is 10.2. The Morgan fingerprint density at radius 2 is 2.05 bits per heavy atom. The first-order chi connectivity index (χ1) is 9.72. The van der Waals surface area contributed by atoms with E-state index in [4.69, 9.17) is 0 Å². The summed E-state index contributed by atoms with van der Waals surface area (Å²) in [5.41, 5.74) is 2.10. The van der Waals surface area contributed by atoms with Gasteiger partial charge in [0.2, 0.25) is 0 Å². The van der Waals surface area contributed by atoms with Gasteiger partial charge in [0.05, 0.1) is 17.3 Å². The van der Waals surface area contributed by atoms with E-state index in [1.54, 1.807) is 11.3 Å². The van der Waals surface area contributed by atoms with Crippen molar-refractivity contribution < 1.29 is 0 Å². The summed E-state index contributed by atoms with van der Waals surface area (Å²) in [6.07, 6.45) is 1.92. The molecule has 1 unspecified atom stereocenters. The predicted octanol–water partition coefficient (Wildman–Crippen LogP) is 3.85. The number of aromatic nitrogens is 2. The number of fused-ring (bicyclic) bond motifs is 1. The van der Waals surface area contributed by atoms with Crippen molar-refractivity contribution in [2.75, 3.05) is 0 Å². The Morgan fingerprint density at radius 1 is 1.20 bits per heavy atom. The lowest BCUT2D eigenvalue weighted by Gasteiger charge is -2.11. The van der Waals surface area contributed by atoms with Crippen LogP contribution in [0.1, 0.15) is 28.5 Å². The summed E-state index contributed by atoms with van der Waals surface area (Å²) in [5, 5.41) is 5.79. The van der Waals surface area contributed by atoms with Gasteiger partial charge in [0.1, 0.15) is 5.01 Å². The Kier molecular flexibility index (Phi) is 3.76. The molecule has 0 spiro atoms. The summed E-state index contributed by atoms with van der Waals surface area (Å²) in [5.74, 6) is 0. The summed E-state index contributed by atoms with van der Waals surface area (Å²) >= 11 is 1.74. The fraction of sp³-hybridized carbons (Fsp3) is 0.250. The molecule has 1 N–H and O–H groups in total. The van der Waals surface area contributed by atoms with Gasteiger partial charge in [0, 0.05) is 23.0 Å². The van der Waals surface area contributed by atoms with Crippen LogP contribution in [0.2, 0.25) is 0 Å². The smallest absolute Gasteiger partial charge is 0.109 e. The second kappa shape index (κ2) is 5.69.